The Morgan fingerprint density at radius 2 is 2.00 bits per heavy atom. The van der Waals surface area contributed by atoms with Crippen molar-refractivity contribution in [2.24, 2.45) is 17.6 Å². The summed E-state index contributed by atoms with van der Waals surface area (Å²) < 4.78 is 27.2. The quantitative estimate of drug-likeness (QED) is 0.784. The van der Waals surface area contributed by atoms with Crippen molar-refractivity contribution in [1.82, 2.24) is 9.62 Å². The van der Waals surface area contributed by atoms with E-state index in [1.54, 1.807) is 17.0 Å². The summed E-state index contributed by atoms with van der Waals surface area (Å²) >= 11 is 0. The lowest BCUT2D eigenvalue weighted by molar-refractivity contribution is 0.0787. The summed E-state index contributed by atoms with van der Waals surface area (Å²) in [6.07, 6.45) is 3.07. The van der Waals surface area contributed by atoms with Gasteiger partial charge in [-0.3, -0.25) is 4.79 Å². The molecule has 1 saturated heterocycles. The van der Waals surface area contributed by atoms with Crippen molar-refractivity contribution in [3.63, 3.8) is 0 Å². The van der Waals surface area contributed by atoms with Gasteiger partial charge < -0.3 is 10.6 Å². The van der Waals surface area contributed by atoms with E-state index in [-0.39, 0.29) is 23.2 Å². The molecule has 2 fully saturated rings. The van der Waals surface area contributed by atoms with Crippen LogP contribution in [0.2, 0.25) is 0 Å². The number of likely N-dealkylation sites (tertiary alicyclic amines) is 1. The first kappa shape index (κ1) is 19.2. The molecule has 2 aliphatic rings. The largest absolute Gasteiger partial charge is 0.338 e. The molecule has 1 aromatic rings. The molecule has 1 saturated carbocycles. The molecule has 134 valence electrons. The number of amides is 1. The van der Waals surface area contributed by atoms with Crippen molar-refractivity contribution in [3.8, 4) is 0 Å². The average Bonchev–Trinajstić information content (AvgIpc) is 3.27. The van der Waals surface area contributed by atoms with Gasteiger partial charge in [0.05, 0.1) is 4.90 Å². The summed E-state index contributed by atoms with van der Waals surface area (Å²) in [5.74, 6) is 0.679. The third-order valence-electron chi connectivity index (χ3n) is 4.56. The summed E-state index contributed by atoms with van der Waals surface area (Å²) in [5.41, 5.74) is 6.07. The molecule has 1 atom stereocenters. The average molecular weight is 374 g/mol. The third-order valence-corrected chi connectivity index (χ3v) is 5.98. The molecule has 1 amide bonds. The van der Waals surface area contributed by atoms with Crippen LogP contribution in [0.4, 0.5) is 0 Å². The number of nitrogens with one attached hydrogen (secondary N) is 1. The number of nitrogens with zero attached hydrogens (tertiary/aromatic N) is 1. The van der Waals surface area contributed by atoms with Crippen molar-refractivity contribution in [3.05, 3.63) is 29.8 Å². The van der Waals surface area contributed by atoms with E-state index < -0.39 is 10.0 Å². The van der Waals surface area contributed by atoms with Crippen LogP contribution >= 0.6 is 12.4 Å². The molecule has 0 aromatic heterocycles. The molecule has 1 aliphatic heterocycles. The molecule has 1 unspecified atom stereocenters. The number of halogens is 1. The van der Waals surface area contributed by atoms with Crippen LogP contribution in [0, 0.1) is 11.8 Å². The second-order valence-electron chi connectivity index (χ2n) is 6.46. The fourth-order valence-corrected chi connectivity index (χ4v) is 3.98. The molecule has 0 radical (unpaired) electrons. The van der Waals surface area contributed by atoms with Crippen LogP contribution in [0.3, 0.4) is 0 Å². The summed E-state index contributed by atoms with van der Waals surface area (Å²) in [5, 5.41) is 0. The standard InChI is InChI=1S/C16H23N3O3S.ClH/c17-9-13-6-7-19(11-13)16(20)14-2-1-3-15(8-14)23(21,22)18-10-12-4-5-12;/h1-3,8,12-13,18H,4-7,9-11,17H2;1H. The van der Waals surface area contributed by atoms with E-state index in [1.807, 2.05) is 0 Å². The van der Waals surface area contributed by atoms with Gasteiger partial charge in [-0.1, -0.05) is 6.07 Å². The SMILES string of the molecule is Cl.NCC1CCN(C(=O)c2cccc(S(=O)(=O)NCC3CC3)c2)C1. The van der Waals surface area contributed by atoms with Gasteiger partial charge in [-0.05, 0) is 55.8 Å². The Morgan fingerprint density at radius 3 is 2.62 bits per heavy atom. The minimum Gasteiger partial charge on any atom is -0.338 e. The Bertz CT molecular complexity index is 692. The monoisotopic (exact) mass is 373 g/mol. The molecule has 0 spiro atoms. The van der Waals surface area contributed by atoms with Gasteiger partial charge in [-0.15, -0.1) is 12.4 Å². The molecule has 1 heterocycles. The van der Waals surface area contributed by atoms with Crippen molar-refractivity contribution >= 4 is 28.3 Å². The van der Waals surface area contributed by atoms with Gasteiger partial charge in [0.25, 0.3) is 5.91 Å². The Labute approximate surface area is 149 Å². The summed E-state index contributed by atoms with van der Waals surface area (Å²) in [6.45, 7) is 2.37. The highest BCUT2D eigenvalue weighted by atomic mass is 35.5. The fraction of sp³-hybridized carbons (Fsp3) is 0.562. The zero-order valence-corrected chi connectivity index (χ0v) is 15.1. The van der Waals surface area contributed by atoms with Crippen molar-refractivity contribution in [1.29, 1.82) is 0 Å². The number of sulfonamides is 1. The number of hydrogen-bond acceptors (Lipinski definition) is 4. The highest BCUT2D eigenvalue weighted by molar-refractivity contribution is 7.89. The molecule has 8 heteroatoms. The highest BCUT2D eigenvalue weighted by Crippen LogP contribution is 2.28. The zero-order chi connectivity index (χ0) is 16.4. The summed E-state index contributed by atoms with van der Waals surface area (Å²) in [4.78, 5) is 14.4. The first-order chi connectivity index (χ1) is 11.0. The number of carbonyl (C=O) groups excluding carboxylic acids is 1. The third kappa shape index (κ3) is 4.47. The molecule has 3 N–H and O–H groups in total. The zero-order valence-electron chi connectivity index (χ0n) is 13.5. The molecule has 3 rings (SSSR count). The summed E-state index contributed by atoms with van der Waals surface area (Å²) in [7, 11) is -3.55. The smallest absolute Gasteiger partial charge is 0.253 e. The van der Waals surface area contributed by atoms with Crippen LogP contribution in [0.15, 0.2) is 29.2 Å². The fourth-order valence-electron chi connectivity index (χ4n) is 2.82. The topological polar surface area (TPSA) is 92.5 Å². The highest BCUT2D eigenvalue weighted by Gasteiger charge is 2.27. The van der Waals surface area contributed by atoms with Crippen molar-refractivity contribution in [2.45, 2.75) is 24.2 Å². The number of rotatable bonds is 6. The number of hydrogen-bond donors (Lipinski definition) is 2. The molecular formula is C16H24ClN3O3S. The van der Waals surface area contributed by atoms with Crippen LogP contribution in [-0.2, 0) is 10.0 Å². The minimum atomic E-state index is -3.55. The lowest BCUT2D eigenvalue weighted by Gasteiger charge is -2.17. The van der Waals surface area contributed by atoms with E-state index in [0.717, 1.165) is 19.3 Å². The Kier molecular flexibility index (Phi) is 6.25. The van der Waals surface area contributed by atoms with Crippen LogP contribution in [-0.4, -0.2) is 45.4 Å². The van der Waals surface area contributed by atoms with Crippen LogP contribution in [0.25, 0.3) is 0 Å². The molecule has 0 bridgehead atoms. The molecule has 6 nitrogen and oxygen atoms in total. The normalized spacial score (nSPS) is 20.7. The van der Waals surface area contributed by atoms with E-state index in [2.05, 4.69) is 4.72 Å². The van der Waals surface area contributed by atoms with Gasteiger partial charge in [0.2, 0.25) is 10.0 Å². The second-order valence-corrected chi connectivity index (χ2v) is 8.23. The molecular weight excluding hydrogens is 350 g/mol. The van der Waals surface area contributed by atoms with Gasteiger partial charge in [0.1, 0.15) is 0 Å². The minimum absolute atomic E-state index is 0. The van der Waals surface area contributed by atoms with E-state index in [1.165, 1.54) is 12.1 Å². The van der Waals surface area contributed by atoms with Crippen LogP contribution < -0.4 is 10.5 Å². The van der Waals surface area contributed by atoms with E-state index in [9.17, 15) is 13.2 Å². The maximum atomic E-state index is 12.5. The Morgan fingerprint density at radius 1 is 1.25 bits per heavy atom. The van der Waals surface area contributed by atoms with E-state index >= 15 is 0 Å². The predicted octanol–water partition coefficient (Wildman–Crippen LogP) is 1.22. The number of benzene rings is 1. The second kappa shape index (κ2) is 7.82. The lowest BCUT2D eigenvalue weighted by Crippen LogP contribution is -2.30. The first-order valence-corrected chi connectivity index (χ1v) is 9.57. The lowest BCUT2D eigenvalue weighted by atomic mass is 10.1. The molecule has 1 aromatic carbocycles. The van der Waals surface area contributed by atoms with E-state index in [4.69, 9.17) is 5.73 Å². The van der Waals surface area contributed by atoms with Crippen molar-refractivity contribution < 1.29 is 13.2 Å². The maximum absolute atomic E-state index is 12.5. The number of carbonyl (C=O) groups is 1. The van der Waals surface area contributed by atoms with Crippen LogP contribution in [0.5, 0.6) is 0 Å². The van der Waals surface area contributed by atoms with E-state index in [0.29, 0.717) is 43.6 Å². The predicted molar refractivity (Wildman–Crippen MR) is 94.7 cm³/mol. The molecule has 1 aliphatic carbocycles. The molecule has 24 heavy (non-hydrogen) atoms. The Hall–Kier alpha value is -1.15. The Balaban J connectivity index is 0.00000208. The first-order valence-electron chi connectivity index (χ1n) is 8.08. The van der Waals surface area contributed by atoms with Gasteiger partial charge in [0, 0.05) is 25.2 Å². The van der Waals surface area contributed by atoms with Crippen LogP contribution in [0.1, 0.15) is 29.6 Å². The van der Waals surface area contributed by atoms with Gasteiger partial charge in [-0.2, -0.15) is 0 Å². The maximum Gasteiger partial charge on any atom is 0.253 e. The van der Waals surface area contributed by atoms with Gasteiger partial charge in [0.15, 0.2) is 0 Å². The summed E-state index contributed by atoms with van der Waals surface area (Å²) in [6, 6.07) is 6.28. The van der Waals surface area contributed by atoms with Gasteiger partial charge >= 0.3 is 0 Å². The van der Waals surface area contributed by atoms with Gasteiger partial charge in [-0.25, -0.2) is 13.1 Å². The van der Waals surface area contributed by atoms with Crippen molar-refractivity contribution in [2.75, 3.05) is 26.2 Å². The number of nitrogens with two attached hydrogens (primary N) is 1.